The van der Waals surface area contributed by atoms with Crippen LogP contribution in [0.5, 0.6) is 0 Å². The first-order valence-corrected chi connectivity index (χ1v) is 6.12. The van der Waals surface area contributed by atoms with E-state index < -0.39 is 0 Å². The van der Waals surface area contributed by atoms with E-state index in [0.29, 0.717) is 0 Å². The second-order valence-corrected chi connectivity index (χ2v) is 4.89. The van der Waals surface area contributed by atoms with Crippen molar-refractivity contribution in [3.05, 3.63) is 0 Å². The molecule has 0 aromatic heterocycles. The zero-order valence-corrected chi connectivity index (χ0v) is 10.2. The van der Waals surface area contributed by atoms with Crippen molar-refractivity contribution >= 4 is 5.91 Å². The Bertz CT molecular complexity index is 218. The van der Waals surface area contributed by atoms with Crippen LogP contribution in [-0.4, -0.2) is 17.5 Å². The molecule has 3 N–H and O–H groups in total. The number of carbonyl (C=O) groups excluding carboxylic acids is 1. The molecule has 0 aromatic carbocycles. The summed E-state index contributed by atoms with van der Waals surface area (Å²) < 4.78 is 0. The van der Waals surface area contributed by atoms with Gasteiger partial charge in [-0.1, -0.05) is 27.2 Å². The molecule has 0 aromatic rings. The number of hydrogen-bond acceptors (Lipinski definition) is 2. The Morgan fingerprint density at radius 1 is 1.47 bits per heavy atom. The van der Waals surface area contributed by atoms with E-state index in [9.17, 15) is 4.79 Å². The van der Waals surface area contributed by atoms with Crippen molar-refractivity contribution in [3.63, 3.8) is 0 Å². The lowest BCUT2D eigenvalue weighted by atomic mass is 9.74. The molecule has 1 fully saturated rings. The number of carbonyl (C=O) groups is 1. The second kappa shape index (κ2) is 4.97. The van der Waals surface area contributed by atoms with E-state index in [2.05, 4.69) is 19.2 Å². The van der Waals surface area contributed by atoms with Crippen molar-refractivity contribution in [2.75, 3.05) is 0 Å². The first-order chi connectivity index (χ1) is 7.04. The Morgan fingerprint density at radius 3 is 2.40 bits per heavy atom. The first-order valence-electron chi connectivity index (χ1n) is 6.12. The van der Waals surface area contributed by atoms with Gasteiger partial charge in [-0.25, -0.2) is 0 Å². The first kappa shape index (κ1) is 12.5. The van der Waals surface area contributed by atoms with E-state index in [-0.39, 0.29) is 23.4 Å². The summed E-state index contributed by atoms with van der Waals surface area (Å²) in [5, 5.41) is 3.13. The zero-order chi connectivity index (χ0) is 11.5. The summed E-state index contributed by atoms with van der Waals surface area (Å²) in [5.41, 5.74) is 5.97. The van der Waals surface area contributed by atoms with Gasteiger partial charge >= 0.3 is 0 Å². The second-order valence-electron chi connectivity index (χ2n) is 4.89. The molecule has 1 amide bonds. The molecule has 1 aliphatic carbocycles. The Morgan fingerprint density at radius 2 is 2.07 bits per heavy atom. The van der Waals surface area contributed by atoms with Crippen LogP contribution in [0.25, 0.3) is 0 Å². The van der Waals surface area contributed by atoms with Crippen LogP contribution in [-0.2, 0) is 4.79 Å². The predicted molar refractivity (Wildman–Crippen MR) is 62.4 cm³/mol. The minimum atomic E-state index is -0.348. The van der Waals surface area contributed by atoms with Gasteiger partial charge in [0.15, 0.2) is 0 Å². The topological polar surface area (TPSA) is 55.1 Å². The molecule has 0 saturated heterocycles. The Balaban J connectivity index is 2.47. The summed E-state index contributed by atoms with van der Waals surface area (Å²) in [5.74, 6) is 0.296. The van der Waals surface area contributed by atoms with Crippen molar-refractivity contribution in [2.45, 2.75) is 64.5 Å². The van der Waals surface area contributed by atoms with Crippen LogP contribution in [0.2, 0.25) is 0 Å². The van der Waals surface area contributed by atoms with E-state index in [0.717, 1.165) is 25.7 Å². The number of amides is 1. The molecule has 3 heteroatoms. The molecule has 1 aliphatic rings. The highest BCUT2D eigenvalue weighted by molar-refractivity contribution is 5.82. The van der Waals surface area contributed by atoms with E-state index in [1.54, 1.807) is 0 Å². The number of nitrogens with two attached hydrogens (primary N) is 1. The third-order valence-corrected chi connectivity index (χ3v) is 3.94. The van der Waals surface area contributed by atoms with Gasteiger partial charge in [0.1, 0.15) is 0 Å². The van der Waals surface area contributed by atoms with Crippen LogP contribution >= 0.6 is 0 Å². The quantitative estimate of drug-likeness (QED) is 0.730. The van der Waals surface area contributed by atoms with E-state index in [4.69, 9.17) is 5.73 Å². The van der Waals surface area contributed by atoms with Crippen molar-refractivity contribution in [2.24, 2.45) is 11.7 Å². The average Bonchev–Trinajstić information content (AvgIpc) is 2.20. The van der Waals surface area contributed by atoms with Crippen LogP contribution in [0.4, 0.5) is 0 Å². The van der Waals surface area contributed by atoms with Gasteiger partial charge in [-0.15, -0.1) is 0 Å². The molecule has 0 unspecified atom stereocenters. The zero-order valence-electron chi connectivity index (χ0n) is 10.2. The molecule has 3 nitrogen and oxygen atoms in total. The van der Waals surface area contributed by atoms with E-state index >= 15 is 0 Å². The molecule has 0 spiro atoms. The van der Waals surface area contributed by atoms with Gasteiger partial charge in [0.05, 0.1) is 6.04 Å². The fraction of sp³-hybridized carbons (Fsp3) is 0.917. The Labute approximate surface area is 92.8 Å². The largest absolute Gasteiger partial charge is 0.349 e. The molecule has 0 heterocycles. The highest BCUT2D eigenvalue weighted by atomic mass is 16.2. The van der Waals surface area contributed by atoms with E-state index in [1.807, 2.05) is 6.92 Å². The fourth-order valence-corrected chi connectivity index (χ4v) is 2.03. The molecule has 0 aliphatic heterocycles. The van der Waals surface area contributed by atoms with Gasteiger partial charge in [-0.05, 0) is 31.6 Å². The molecule has 0 radical (unpaired) electrons. The standard InChI is InChI=1S/C12H24N2O/c1-4-9(3)10(13)11(15)14-12(5-2)7-6-8-12/h9-10H,4-8,13H2,1-3H3,(H,14,15)/t9-,10-/m0/s1. The summed E-state index contributed by atoms with van der Waals surface area (Å²) in [6, 6.07) is -0.348. The average molecular weight is 212 g/mol. The number of nitrogens with one attached hydrogen (secondary N) is 1. The minimum absolute atomic E-state index is 0.0332. The van der Waals surface area contributed by atoms with Crippen molar-refractivity contribution in [1.29, 1.82) is 0 Å². The highest BCUT2D eigenvalue weighted by Gasteiger charge is 2.37. The highest BCUT2D eigenvalue weighted by Crippen LogP contribution is 2.34. The lowest BCUT2D eigenvalue weighted by Crippen LogP contribution is -2.58. The predicted octanol–water partition coefficient (Wildman–Crippen LogP) is 1.81. The Kier molecular flexibility index (Phi) is 4.14. The maximum atomic E-state index is 11.9. The summed E-state index contributed by atoms with van der Waals surface area (Å²) in [4.78, 5) is 11.9. The number of hydrogen-bond donors (Lipinski definition) is 2. The fourth-order valence-electron chi connectivity index (χ4n) is 2.03. The summed E-state index contributed by atoms with van der Waals surface area (Å²) >= 11 is 0. The third kappa shape index (κ3) is 2.71. The number of rotatable bonds is 5. The van der Waals surface area contributed by atoms with Gasteiger partial charge in [-0.3, -0.25) is 4.79 Å². The molecular formula is C12H24N2O. The van der Waals surface area contributed by atoms with Gasteiger partial charge in [0.2, 0.25) is 5.91 Å². The summed E-state index contributed by atoms with van der Waals surface area (Å²) in [6.07, 6.45) is 5.43. The molecule has 15 heavy (non-hydrogen) atoms. The summed E-state index contributed by atoms with van der Waals surface area (Å²) in [7, 11) is 0. The minimum Gasteiger partial charge on any atom is -0.349 e. The van der Waals surface area contributed by atoms with E-state index in [1.165, 1.54) is 6.42 Å². The molecule has 1 rings (SSSR count). The van der Waals surface area contributed by atoms with Gasteiger partial charge in [0, 0.05) is 5.54 Å². The van der Waals surface area contributed by atoms with Crippen LogP contribution < -0.4 is 11.1 Å². The van der Waals surface area contributed by atoms with Crippen LogP contribution in [0.1, 0.15) is 52.9 Å². The smallest absolute Gasteiger partial charge is 0.237 e. The monoisotopic (exact) mass is 212 g/mol. The summed E-state index contributed by atoms with van der Waals surface area (Å²) in [6.45, 7) is 6.23. The molecule has 1 saturated carbocycles. The van der Waals surface area contributed by atoms with Crippen molar-refractivity contribution in [3.8, 4) is 0 Å². The third-order valence-electron chi connectivity index (χ3n) is 3.94. The maximum Gasteiger partial charge on any atom is 0.237 e. The Hall–Kier alpha value is -0.570. The maximum absolute atomic E-state index is 11.9. The van der Waals surface area contributed by atoms with Crippen molar-refractivity contribution in [1.82, 2.24) is 5.32 Å². The normalized spacial score (nSPS) is 22.7. The lowest BCUT2D eigenvalue weighted by molar-refractivity contribution is -0.126. The molecule has 0 bridgehead atoms. The molecule has 88 valence electrons. The molecular weight excluding hydrogens is 188 g/mol. The lowest BCUT2D eigenvalue weighted by Gasteiger charge is -2.42. The van der Waals surface area contributed by atoms with Crippen LogP contribution in [0, 0.1) is 5.92 Å². The van der Waals surface area contributed by atoms with Crippen molar-refractivity contribution < 1.29 is 4.79 Å². The van der Waals surface area contributed by atoms with Crippen LogP contribution in [0.3, 0.4) is 0 Å². The van der Waals surface area contributed by atoms with Gasteiger partial charge in [0.25, 0.3) is 0 Å². The van der Waals surface area contributed by atoms with Gasteiger partial charge < -0.3 is 11.1 Å². The van der Waals surface area contributed by atoms with Gasteiger partial charge in [-0.2, -0.15) is 0 Å². The van der Waals surface area contributed by atoms with Crippen LogP contribution in [0.15, 0.2) is 0 Å². The SMILES string of the molecule is CC[C@H](C)[C@H](N)C(=O)NC1(CC)CCC1. The molecule has 2 atom stereocenters.